The van der Waals surface area contributed by atoms with Crippen LogP contribution in [0.1, 0.15) is 54.6 Å². The van der Waals surface area contributed by atoms with E-state index in [1.54, 1.807) is 0 Å². The molecule has 0 aromatic heterocycles. The number of esters is 1. The normalized spacial score (nSPS) is 22.3. The number of piperazine rings is 1. The number of halogens is 4. The van der Waals surface area contributed by atoms with Crippen molar-refractivity contribution in [1.29, 1.82) is 5.26 Å². The molecule has 10 nitrogen and oxygen atoms in total. The number of β-amino-alcohol motifs (C(OH)–C–C–N with tert-alkyl or cyclic N) is 1. The van der Waals surface area contributed by atoms with Gasteiger partial charge in [0.1, 0.15) is 29.4 Å². The Labute approximate surface area is 318 Å². The van der Waals surface area contributed by atoms with E-state index in [9.17, 15) is 14.9 Å². The minimum Gasteiger partial charge on any atom is -0.495 e. The first-order valence-corrected chi connectivity index (χ1v) is 18.3. The van der Waals surface area contributed by atoms with E-state index in [1.165, 1.54) is 55.6 Å². The highest BCUT2D eigenvalue weighted by Crippen LogP contribution is 2.53. The number of hydrogen-bond donors (Lipinski definition) is 3. The third-order valence-corrected chi connectivity index (χ3v) is 10.5. The Kier molecular flexibility index (Phi) is 13.0. The second-order valence-electron chi connectivity index (χ2n) is 14.6. The zero-order valence-corrected chi connectivity index (χ0v) is 31.7. The predicted octanol–water partition coefficient (Wildman–Crippen LogP) is 6.01. The fourth-order valence-electron chi connectivity index (χ4n) is 7.42. The van der Waals surface area contributed by atoms with Gasteiger partial charge >= 0.3 is 5.97 Å². The summed E-state index contributed by atoms with van der Waals surface area (Å²) in [5.74, 6) is -3.90. The Morgan fingerprint density at radius 1 is 1.06 bits per heavy atom. The number of ether oxygens (including phenoxy) is 2. The summed E-state index contributed by atoms with van der Waals surface area (Å²) in [6.07, 6.45) is 0.311. The number of nitrogens with zero attached hydrogens (tertiary/aromatic N) is 3. The Morgan fingerprint density at radius 2 is 1.75 bits per heavy atom. The highest BCUT2D eigenvalue weighted by molar-refractivity contribution is 6.31. The molecular formula is C39H45Cl2F2N5O5. The van der Waals surface area contributed by atoms with Crippen LogP contribution in [0.15, 0.2) is 54.6 Å². The fraction of sp³-hybridized carbons (Fsp3) is 0.462. The number of rotatable bonds is 12. The number of hydrogen-bond acceptors (Lipinski definition) is 9. The Balaban J connectivity index is 1.43. The number of aliphatic hydroxyl groups is 1. The number of carbonyl (C=O) groups is 2. The number of carbonyl (C=O) groups excluding carboxylic acids is 2. The first-order valence-electron chi connectivity index (χ1n) is 17.5. The molecule has 2 heterocycles. The van der Waals surface area contributed by atoms with Gasteiger partial charge in [-0.15, -0.1) is 0 Å². The number of aliphatic hydroxyl groups excluding tert-OH is 1. The molecule has 4 atom stereocenters. The quantitative estimate of drug-likeness (QED) is 0.190. The van der Waals surface area contributed by atoms with Crippen molar-refractivity contribution in [3.05, 3.63) is 93.0 Å². The van der Waals surface area contributed by atoms with Crippen LogP contribution in [-0.2, 0) is 14.9 Å². The molecule has 2 saturated heterocycles. The average molecular weight is 773 g/mol. The molecule has 5 rings (SSSR count). The summed E-state index contributed by atoms with van der Waals surface area (Å²) < 4.78 is 43.1. The SMILES string of the molecule is COc1cc(C(=O)OCCN2CCN(CCO)CC2)ccc1NC(=O)C1NC(CC(C)(C)C)C(C#N)(c2ccc(Cl)cc2F)C1c1cccc(Cl)c1F. The molecule has 3 N–H and O–H groups in total. The Bertz CT molecular complexity index is 1850. The van der Waals surface area contributed by atoms with Gasteiger partial charge in [-0.1, -0.05) is 62.2 Å². The smallest absolute Gasteiger partial charge is 0.338 e. The molecule has 0 bridgehead atoms. The van der Waals surface area contributed by atoms with Crippen LogP contribution < -0.4 is 15.4 Å². The first-order chi connectivity index (χ1) is 25.2. The molecule has 2 aliphatic heterocycles. The zero-order valence-electron chi connectivity index (χ0n) is 30.2. The van der Waals surface area contributed by atoms with Crippen LogP contribution in [0, 0.1) is 28.4 Å². The fourth-order valence-corrected chi connectivity index (χ4v) is 7.76. The van der Waals surface area contributed by atoms with E-state index in [-0.39, 0.29) is 51.4 Å². The maximum atomic E-state index is 16.0. The number of anilines is 1. The lowest BCUT2D eigenvalue weighted by molar-refractivity contribution is -0.118. The standard InChI is InChI=1S/C39H45Cl2F2N5O5/c1-38(2,3)22-32-39(23-44,27-10-9-25(40)21-29(27)42)33(26-6-5-7-28(41)34(26)43)35(46-32)36(50)45-30-11-8-24(20-31(30)52-4)37(51)53-19-17-48-14-12-47(13-15-48)16-18-49/h5-11,20-21,32-33,35,46,49H,12-19,22H2,1-4H3,(H,45,50). The van der Waals surface area contributed by atoms with Crippen LogP contribution in [0.2, 0.25) is 10.0 Å². The summed E-state index contributed by atoms with van der Waals surface area (Å²) in [5.41, 5.74) is -1.85. The second-order valence-corrected chi connectivity index (χ2v) is 15.5. The van der Waals surface area contributed by atoms with Gasteiger partial charge in [0.15, 0.2) is 0 Å². The molecule has 14 heteroatoms. The van der Waals surface area contributed by atoms with E-state index in [4.69, 9.17) is 37.8 Å². The molecule has 53 heavy (non-hydrogen) atoms. The number of amides is 1. The van der Waals surface area contributed by atoms with Gasteiger partial charge in [-0.05, 0) is 53.8 Å². The Hall–Kier alpha value is -3.83. The number of benzene rings is 3. The summed E-state index contributed by atoms with van der Waals surface area (Å²) in [6.45, 7) is 10.6. The van der Waals surface area contributed by atoms with Crippen molar-refractivity contribution in [2.75, 3.05) is 64.9 Å². The van der Waals surface area contributed by atoms with Gasteiger partial charge in [0.05, 0.1) is 42.1 Å². The van der Waals surface area contributed by atoms with E-state index in [2.05, 4.69) is 26.5 Å². The van der Waals surface area contributed by atoms with Crippen LogP contribution in [0.5, 0.6) is 5.75 Å². The molecule has 2 aliphatic rings. The summed E-state index contributed by atoms with van der Waals surface area (Å²) in [5, 5.41) is 26.3. The highest BCUT2D eigenvalue weighted by Gasteiger charge is 2.61. The molecule has 3 aromatic rings. The van der Waals surface area contributed by atoms with Gasteiger partial charge in [-0.25, -0.2) is 13.6 Å². The van der Waals surface area contributed by atoms with Crippen molar-refractivity contribution in [3.63, 3.8) is 0 Å². The Morgan fingerprint density at radius 3 is 2.38 bits per heavy atom. The molecule has 284 valence electrons. The van der Waals surface area contributed by atoms with Crippen LogP contribution >= 0.6 is 23.2 Å². The second kappa shape index (κ2) is 17.1. The monoisotopic (exact) mass is 771 g/mol. The molecule has 0 radical (unpaired) electrons. The first kappa shape index (κ1) is 40.4. The molecule has 0 saturated carbocycles. The maximum absolute atomic E-state index is 16.0. The van der Waals surface area contributed by atoms with Gasteiger partial charge < -0.3 is 25.2 Å². The summed E-state index contributed by atoms with van der Waals surface area (Å²) in [6, 6.07) is 13.0. The van der Waals surface area contributed by atoms with E-state index < -0.39 is 52.3 Å². The van der Waals surface area contributed by atoms with Crippen LogP contribution in [0.4, 0.5) is 14.5 Å². The summed E-state index contributed by atoms with van der Waals surface area (Å²) >= 11 is 12.4. The van der Waals surface area contributed by atoms with Crippen molar-refractivity contribution >= 4 is 40.8 Å². The van der Waals surface area contributed by atoms with Gasteiger partial charge in [0.2, 0.25) is 5.91 Å². The zero-order chi connectivity index (χ0) is 38.5. The predicted molar refractivity (Wildman–Crippen MR) is 200 cm³/mol. The summed E-state index contributed by atoms with van der Waals surface area (Å²) in [4.78, 5) is 31.7. The van der Waals surface area contributed by atoms with E-state index in [0.717, 1.165) is 32.2 Å². The van der Waals surface area contributed by atoms with E-state index in [0.29, 0.717) is 19.5 Å². The lowest BCUT2D eigenvalue weighted by Gasteiger charge is -2.37. The minimum atomic E-state index is -1.79. The molecule has 0 spiro atoms. The molecule has 3 aromatic carbocycles. The number of nitrogens with one attached hydrogen (secondary N) is 2. The lowest BCUT2D eigenvalue weighted by atomic mass is 9.62. The number of methoxy groups -OCH3 is 1. The minimum absolute atomic E-state index is 0.0322. The van der Waals surface area contributed by atoms with Crippen molar-refractivity contribution in [1.82, 2.24) is 15.1 Å². The van der Waals surface area contributed by atoms with E-state index >= 15 is 8.78 Å². The van der Waals surface area contributed by atoms with Crippen molar-refractivity contribution in [3.8, 4) is 11.8 Å². The molecule has 4 unspecified atom stereocenters. The number of nitriles is 1. The van der Waals surface area contributed by atoms with Crippen molar-refractivity contribution < 1.29 is 33.0 Å². The average Bonchev–Trinajstić information content (AvgIpc) is 3.43. The van der Waals surface area contributed by atoms with Crippen molar-refractivity contribution in [2.45, 2.75) is 50.6 Å². The maximum Gasteiger partial charge on any atom is 0.338 e. The van der Waals surface area contributed by atoms with Gasteiger partial charge in [-0.2, -0.15) is 5.26 Å². The third kappa shape index (κ3) is 8.94. The molecule has 1 amide bonds. The lowest BCUT2D eigenvalue weighted by Crippen LogP contribution is -2.48. The van der Waals surface area contributed by atoms with Crippen LogP contribution in [0.3, 0.4) is 0 Å². The van der Waals surface area contributed by atoms with Gasteiger partial charge in [0.25, 0.3) is 0 Å². The topological polar surface area (TPSA) is 127 Å². The van der Waals surface area contributed by atoms with Crippen molar-refractivity contribution in [2.24, 2.45) is 5.41 Å². The van der Waals surface area contributed by atoms with E-state index in [1.807, 2.05) is 20.8 Å². The molecular weight excluding hydrogens is 727 g/mol. The van der Waals surface area contributed by atoms with Gasteiger partial charge in [-0.3, -0.25) is 14.6 Å². The van der Waals surface area contributed by atoms with Crippen LogP contribution in [-0.4, -0.2) is 98.5 Å². The van der Waals surface area contributed by atoms with Gasteiger partial charge in [0, 0.05) is 61.8 Å². The summed E-state index contributed by atoms with van der Waals surface area (Å²) in [7, 11) is 1.39. The van der Waals surface area contributed by atoms with Crippen LogP contribution in [0.25, 0.3) is 0 Å². The highest BCUT2D eigenvalue weighted by atomic mass is 35.5. The third-order valence-electron chi connectivity index (χ3n) is 9.95. The molecule has 0 aliphatic carbocycles. The largest absolute Gasteiger partial charge is 0.495 e. The molecule has 2 fully saturated rings.